The molecule has 0 atom stereocenters. The van der Waals surface area contributed by atoms with Crippen LogP contribution in [0.15, 0.2) is 28.7 Å². The van der Waals surface area contributed by atoms with Gasteiger partial charge in [-0.25, -0.2) is 4.39 Å². The first kappa shape index (κ1) is 11.1. The lowest BCUT2D eigenvalue weighted by atomic mass is 10.1. The largest absolute Gasteiger partial charge is 0.259 e. The molecule has 0 heterocycles. The zero-order chi connectivity index (χ0) is 9.56. The fraction of sp³-hybridized carbons (Fsp3) is 0.500. The third-order valence-electron chi connectivity index (χ3n) is 1.64. The Morgan fingerprint density at radius 1 is 1.50 bits per heavy atom. The number of halogens is 1. The quantitative estimate of drug-likeness (QED) is 0.570. The Morgan fingerprint density at radius 3 is 2.50 bits per heavy atom. The van der Waals surface area contributed by atoms with E-state index in [2.05, 4.69) is 18.5 Å². The van der Waals surface area contributed by atoms with Crippen molar-refractivity contribution in [3.63, 3.8) is 0 Å². The molecule has 0 aliphatic heterocycles. The lowest BCUT2D eigenvalue weighted by molar-refractivity contribution is 0.690. The number of allylic oxidation sites excluding steroid dienone is 3. The van der Waals surface area contributed by atoms with Crippen LogP contribution in [0.5, 0.6) is 0 Å². The highest BCUT2D eigenvalue weighted by molar-refractivity contribution is 5.75. The predicted octanol–water partition coefficient (Wildman–Crippen LogP) is 3.63. The highest BCUT2D eigenvalue weighted by atomic mass is 19.1. The topological polar surface area (TPSA) is 12.4 Å². The fourth-order valence-corrected chi connectivity index (χ4v) is 0.833. The smallest absolute Gasteiger partial charge is 0.134 e. The van der Waals surface area contributed by atoms with E-state index in [4.69, 9.17) is 0 Å². The van der Waals surface area contributed by atoms with Crippen LogP contribution in [0.1, 0.15) is 33.6 Å². The van der Waals surface area contributed by atoms with Crippen molar-refractivity contribution in [2.24, 2.45) is 4.99 Å². The van der Waals surface area contributed by atoms with Crippen molar-refractivity contribution in [1.82, 2.24) is 0 Å². The van der Waals surface area contributed by atoms with Crippen molar-refractivity contribution in [1.29, 1.82) is 0 Å². The molecule has 0 N–H and O–H groups in total. The van der Waals surface area contributed by atoms with E-state index >= 15 is 0 Å². The fourth-order valence-electron chi connectivity index (χ4n) is 0.833. The summed E-state index contributed by atoms with van der Waals surface area (Å²) in [7, 11) is 0. The third kappa shape index (κ3) is 4.83. The number of hydrogen-bond acceptors (Lipinski definition) is 1. The molecule has 0 aromatic rings. The maximum Gasteiger partial charge on any atom is 0.134 e. The molecule has 0 aliphatic carbocycles. The third-order valence-corrected chi connectivity index (χ3v) is 1.64. The molecule has 0 aromatic carbocycles. The normalized spacial score (nSPS) is 13.3. The van der Waals surface area contributed by atoms with Gasteiger partial charge in [-0.15, -0.1) is 0 Å². The Labute approximate surface area is 73.7 Å². The molecular weight excluding hydrogens is 153 g/mol. The van der Waals surface area contributed by atoms with Crippen LogP contribution in [0.25, 0.3) is 0 Å². The van der Waals surface area contributed by atoms with Crippen molar-refractivity contribution in [3.05, 3.63) is 23.7 Å². The summed E-state index contributed by atoms with van der Waals surface area (Å²) in [5, 5.41) is 0. The van der Waals surface area contributed by atoms with Gasteiger partial charge in [-0.05, 0) is 20.3 Å². The van der Waals surface area contributed by atoms with Gasteiger partial charge in [-0.2, -0.15) is 0 Å². The minimum Gasteiger partial charge on any atom is -0.259 e. The maximum absolute atomic E-state index is 12.1. The summed E-state index contributed by atoms with van der Waals surface area (Å²) in [5.74, 6) is -0.501. The number of hydrogen-bond donors (Lipinski definition) is 0. The molecule has 12 heavy (non-hydrogen) atoms. The monoisotopic (exact) mass is 169 g/mol. The highest BCUT2D eigenvalue weighted by Gasteiger charge is 1.92. The second kappa shape index (κ2) is 5.70. The lowest BCUT2D eigenvalue weighted by Crippen LogP contribution is -1.82. The van der Waals surface area contributed by atoms with Crippen LogP contribution in [0.4, 0.5) is 4.39 Å². The van der Waals surface area contributed by atoms with Crippen LogP contribution < -0.4 is 0 Å². The van der Waals surface area contributed by atoms with Gasteiger partial charge in [0.05, 0.1) is 6.21 Å². The Balaban J connectivity index is 4.25. The van der Waals surface area contributed by atoms with E-state index in [1.165, 1.54) is 5.57 Å². The van der Waals surface area contributed by atoms with Crippen LogP contribution in [0.3, 0.4) is 0 Å². The molecule has 2 heteroatoms. The van der Waals surface area contributed by atoms with Gasteiger partial charge in [-0.3, -0.25) is 4.99 Å². The van der Waals surface area contributed by atoms with Gasteiger partial charge in [-0.1, -0.05) is 25.5 Å². The van der Waals surface area contributed by atoms with Gasteiger partial charge in [0.2, 0.25) is 0 Å². The van der Waals surface area contributed by atoms with Gasteiger partial charge < -0.3 is 0 Å². The molecule has 1 nitrogen and oxygen atoms in total. The van der Waals surface area contributed by atoms with Crippen LogP contribution in [-0.2, 0) is 0 Å². The van der Waals surface area contributed by atoms with Crippen molar-refractivity contribution >= 4 is 6.21 Å². The highest BCUT2D eigenvalue weighted by Crippen LogP contribution is 2.10. The summed E-state index contributed by atoms with van der Waals surface area (Å²) in [6.45, 7) is 9.09. The Hall–Kier alpha value is -0.920. The van der Waals surface area contributed by atoms with Crippen molar-refractivity contribution in [2.45, 2.75) is 33.6 Å². The summed E-state index contributed by atoms with van der Waals surface area (Å²) < 4.78 is 12.1. The summed E-state index contributed by atoms with van der Waals surface area (Å²) in [4.78, 5) is 3.92. The maximum atomic E-state index is 12.1. The molecule has 0 saturated heterocycles. The van der Waals surface area contributed by atoms with Crippen LogP contribution in [-0.4, -0.2) is 6.21 Å². The number of nitrogens with zero attached hydrogens (tertiary/aromatic N) is 1. The molecule has 0 rings (SSSR count). The second-order valence-corrected chi connectivity index (χ2v) is 2.82. The van der Waals surface area contributed by atoms with E-state index in [1.807, 2.05) is 13.8 Å². The molecule has 0 aromatic heterocycles. The van der Waals surface area contributed by atoms with Gasteiger partial charge in [0.25, 0.3) is 0 Å². The molecule has 0 amide bonds. The number of rotatable bonds is 4. The van der Waals surface area contributed by atoms with E-state index < -0.39 is 5.83 Å². The SMILES string of the molecule is C=C(F)C=N/C(C)=C(/C)CCC. The van der Waals surface area contributed by atoms with E-state index in [0.717, 1.165) is 24.8 Å². The van der Waals surface area contributed by atoms with Crippen molar-refractivity contribution < 1.29 is 4.39 Å². The minimum absolute atomic E-state index is 0.501. The Morgan fingerprint density at radius 2 is 2.08 bits per heavy atom. The second-order valence-electron chi connectivity index (χ2n) is 2.82. The van der Waals surface area contributed by atoms with E-state index in [9.17, 15) is 4.39 Å². The average molecular weight is 169 g/mol. The van der Waals surface area contributed by atoms with E-state index in [0.29, 0.717) is 0 Å². The predicted molar refractivity (Wildman–Crippen MR) is 52.0 cm³/mol. The standard InChI is InChI=1S/C10H16FN/c1-5-6-8(2)10(4)12-7-9(3)11/h7H,3,5-6H2,1-2,4H3/b10-8-,12-7?. The summed E-state index contributed by atoms with van der Waals surface area (Å²) in [6, 6.07) is 0. The van der Waals surface area contributed by atoms with E-state index in [1.54, 1.807) is 0 Å². The summed E-state index contributed by atoms with van der Waals surface area (Å²) >= 11 is 0. The molecule has 0 unspecified atom stereocenters. The Kier molecular flexibility index (Phi) is 5.26. The van der Waals surface area contributed by atoms with E-state index in [-0.39, 0.29) is 0 Å². The van der Waals surface area contributed by atoms with Crippen LogP contribution >= 0.6 is 0 Å². The van der Waals surface area contributed by atoms with Crippen molar-refractivity contribution in [3.8, 4) is 0 Å². The van der Waals surface area contributed by atoms with Crippen LogP contribution in [0.2, 0.25) is 0 Å². The molecule has 0 bridgehead atoms. The zero-order valence-electron chi connectivity index (χ0n) is 8.02. The molecule has 0 saturated carbocycles. The molecule has 0 spiro atoms. The molecule has 0 radical (unpaired) electrons. The van der Waals surface area contributed by atoms with Crippen molar-refractivity contribution in [2.75, 3.05) is 0 Å². The lowest BCUT2D eigenvalue weighted by Gasteiger charge is -1.99. The first-order chi connectivity index (χ1) is 5.57. The summed E-state index contributed by atoms with van der Waals surface area (Å²) in [6.07, 6.45) is 3.26. The zero-order valence-corrected chi connectivity index (χ0v) is 8.02. The first-order valence-corrected chi connectivity index (χ1v) is 4.12. The average Bonchev–Trinajstić information content (AvgIpc) is 2.00. The summed E-state index contributed by atoms with van der Waals surface area (Å²) in [5.41, 5.74) is 2.09. The molecule has 0 fully saturated rings. The minimum atomic E-state index is -0.501. The number of aliphatic imine (C=N–C) groups is 1. The van der Waals surface area contributed by atoms with Gasteiger partial charge >= 0.3 is 0 Å². The molecule has 0 aliphatic rings. The van der Waals surface area contributed by atoms with Crippen LogP contribution in [0, 0.1) is 0 Å². The van der Waals surface area contributed by atoms with Gasteiger partial charge in [0, 0.05) is 5.70 Å². The van der Waals surface area contributed by atoms with Gasteiger partial charge in [0.15, 0.2) is 0 Å². The first-order valence-electron chi connectivity index (χ1n) is 4.12. The van der Waals surface area contributed by atoms with Gasteiger partial charge in [0.1, 0.15) is 5.83 Å². The molecule has 68 valence electrons. The Bertz CT molecular complexity index is 214. The molecular formula is C10H16FN.